The Balaban J connectivity index is 2.27. The molecule has 0 aliphatic rings. The molecule has 0 saturated heterocycles. The highest BCUT2D eigenvalue weighted by Crippen LogP contribution is 2.00. The zero-order valence-corrected chi connectivity index (χ0v) is 10.0. The van der Waals surface area contributed by atoms with E-state index in [4.69, 9.17) is 14.9 Å². The van der Waals surface area contributed by atoms with Crippen LogP contribution in [-0.2, 0) is 16.1 Å². The van der Waals surface area contributed by atoms with E-state index in [1.165, 1.54) is 0 Å². The highest BCUT2D eigenvalue weighted by Gasteiger charge is 2.23. The van der Waals surface area contributed by atoms with Crippen LogP contribution in [0.5, 0.6) is 0 Å². The first kappa shape index (κ1) is 14.9. The molecule has 1 amide bonds. The van der Waals surface area contributed by atoms with Crippen molar-refractivity contribution in [2.45, 2.75) is 18.8 Å². The van der Waals surface area contributed by atoms with Gasteiger partial charge in [-0.3, -0.25) is 0 Å². The predicted molar refractivity (Wildman–Crippen MR) is 64.3 cm³/mol. The summed E-state index contributed by atoms with van der Waals surface area (Å²) in [7, 11) is 0. The van der Waals surface area contributed by atoms with E-state index in [0.29, 0.717) is 0 Å². The summed E-state index contributed by atoms with van der Waals surface area (Å²) in [5.41, 5.74) is 0.795. The number of carbonyl (C=O) groups excluding carboxylic acids is 1. The van der Waals surface area contributed by atoms with Crippen LogP contribution in [0.4, 0.5) is 4.79 Å². The second kappa shape index (κ2) is 7.34. The number of carboxylic acid groups (broad SMARTS) is 1. The molecular weight excluding hydrogens is 254 g/mol. The Kier molecular flexibility index (Phi) is 5.77. The summed E-state index contributed by atoms with van der Waals surface area (Å²) in [6.45, 7) is -0.356. The lowest BCUT2D eigenvalue weighted by atomic mass is 10.2. The molecule has 0 aromatic heterocycles. The van der Waals surface area contributed by atoms with E-state index in [2.05, 4.69) is 5.32 Å². The summed E-state index contributed by atoms with van der Waals surface area (Å²) in [5, 5.41) is 28.8. The molecule has 4 N–H and O–H groups in total. The third-order valence-corrected chi connectivity index (χ3v) is 2.29. The number of alkyl carbamates (subject to hydrolysis) is 1. The number of aliphatic hydroxyl groups is 2. The number of aliphatic hydroxyl groups excluding tert-OH is 2. The maximum absolute atomic E-state index is 11.2. The van der Waals surface area contributed by atoms with Crippen molar-refractivity contribution in [1.29, 1.82) is 0 Å². The molecule has 0 radical (unpaired) electrons. The monoisotopic (exact) mass is 269 g/mol. The molecular formula is C12H15NO6. The minimum absolute atomic E-state index is 0.0598. The van der Waals surface area contributed by atoms with Gasteiger partial charge in [0, 0.05) is 6.54 Å². The fourth-order valence-corrected chi connectivity index (χ4v) is 1.24. The quantitative estimate of drug-likeness (QED) is 0.564. The molecule has 2 atom stereocenters. The molecule has 0 bridgehead atoms. The first-order chi connectivity index (χ1) is 9.00. The van der Waals surface area contributed by atoms with Crippen LogP contribution in [0.25, 0.3) is 0 Å². The predicted octanol–water partition coefficient (Wildman–Crippen LogP) is -0.281. The number of carbonyl (C=O) groups is 2. The standard InChI is InChI=1S/C12H15NO6/c14-9(10(15)11(16)17)6-13-12(18)19-7-8-4-2-1-3-5-8/h1-5,9-10,14-15H,6-7H2,(H,13,18)(H,16,17)/t9-,10-/m0/s1. The van der Waals surface area contributed by atoms with Crippen LogP contribution >= 0.6 is 0 Å². The fourth-order valence-electron chi connectivity index (χ4n) is 1.24. The molecule has 1 aromatic rings. The fraction of sp³-hybridized carbons (Fsp3) is 0.333. The van der Waals surface area contributed by atoms with Crippen molar-refractivity contribution < 1.29 is 29.6 Å². The van der Waals surface area contributed by atoms with Crippen LogP contribution in [0.3, 0.4) is 0 Å². The number of carboxylic acids is 1. The summed E-state index contributed by atoms with van der Waals surface area (Å²) >= 11 is 0. The molecule has 0 saturated carbocycles. The van der Waals surface area contributed by atoms with Gasteiger partial charge >= 0.3 is 12.1 Å². The van der Waals surface area contributed by atoms with Crippen molar-refractivity contribution in [3.05, 3.63) is 35.9 Å². The van der Waals surface area contributed by atoms with E-state index < -0.39 is 30.8 Å². The Morgan fingerprint density at radius 1 is 1.21 bits per heavy atom. The average molecular weight is 269 g/mol. The van der Waals surface area contributed by atoms with Crippen LogP contribution < -0.4 is 5.32 Å². The number of hydrogen-bond donors (Lipinski definition) is 4. The molecule has 0 aliphatic carbocycles. The van der Waals surface area contributed by atoms with Gasteiger partial charge in [0.05, 0.1) is 0 Å². The molecule has 0 aliphatic heterocycles. The molecule has 0 fully saturated rings. The smallest absolute Gasteiger partial charge is 0.407 e. The lowest BCUT2D eigenvalue weighted by Crippen LogP contribution is -2.42. The zero-order chi connectivity index (χ0) is 14.3. The topological polar surface area (TPSA) is 116 Å². The normalized spacial score (nSPS) is 13.4. The van der Waals surface area contributed by atoms with E-state index in [0.717, 1.165) is 5.56 Å². The van der Waals surface area contributed by atoms with E-state index in [9.17, 15) is 14.7 Å². The highest BCUT2D eigenvalue weighted by atomic mass is 16.5. The Morgan fingerprint density at radius 3 is 2.42 bits per heavy atom. The maximum Gasteiger partial charge on any atom is 0.407 e. The highest BCUT2D eigenvalue weighted by molar-refractivity contribution is 5.73. The Morgan fingerprint density at radius 2 is 1.84 bits per heavy atom. The minimum atomic E-state index is -1.95. The van der Waals surface area contributed by atoms with Crippen LogP contribution in [0.2, 0.25) is 0 Å². The van der Waals surface area contributed by atoms with Crippen molar-refractivity contribution in [1.82, 2.24) is 5.32 Å². The van der Waals surface area contributed by atoms with Crippen LogP contribution in [0.1, 0.15) is 5.56 Å². The van der Waals surface area contributed by atoms with Crippen LogP contribution in [0, 0.1) is 0 Å². The maximum atomic E-state index is 11.2. The summed E-state index contributed by atoms with van der Waals surface area (Å²) < 4.78 is 4.83. The molecule has 19 heavy (non-hydrogen) atoms. The molecule has 0 heterocycles. The molecule has 104 valence electrons. The van der Waals surface area contributed by atoms with E-state index >= 15 is 0 Å². The lowest BCUT2D eigenvalue weighted by Gasteiger charge is -2.14. The van der Waals surface area contributed by atoms with E-state index in [1.54, 1.807) is 24.3 Å². The molecule has 0 unspecified atom stereocenters. The van der Waals surface area contributed by atoms with Gasteiger partial charge in [0.15, 0.2) is 6.10 Å². The third kappa shape index (κ3) is 5.36. The first-order valence-electron chi connectivity index (χ1n) is 5.54. The largest absolute Gasteiger partial charge is 0.479 e. The second-order valence-corrected chi connectivity index (χ2v) is 3.79. The lowest BCUT2D eigenvalue weighted by molar-refractivity contribution is -0.152. The summed E-state index contributed by atoms with van der Waals surface area (Å²) in [6.07, 6.45) is -4.35. The van der Waals surface area contributed by atoms with Crippen LogP contribution in [0.15, 0.2) is 30.3 Å². The van der Waals surface area contributed by atoms with Crippen LogP contribution in [-0.4, -0.2) is 46.1 Å². The first-order valence-corrected chi connectivity index (χ1v) is 5.54. The van der Waals surface area contributed by atoms with Crippen molar-refractivity contribution in [2.75, 3.05) is 6.54 Å². The number of hydrogen-bond acceptors (Lipinski definition) is 5. The molecule has 1 rings (SSSR count). The summed E-state index contributed by atoms with van der Waals surface area (Å²) in [4.78, 5) is 21.6. The summed E-state index contributed by atoms with van der Waals surface area (Å²) in [5.74, 6) is -1.56. The number of aliphatic carboxylic acids is 1. The molecule has 1 aromatic carbocycles. The van der Waals surface area contributed by atoms with Crippen molar-refractivity contribution in [2.24, 2.45) is 0 Å². The van der Waals surface area contributed by atoms with Gasteiger partial charge in [-0.25, -0.2) is 9.59 Å². The van der Waals surface area contributed by atoms with Crippen molar-refractivity contribution in [3.8, 4) is 0 Å². The van der Waals surface area contributed by atoms with Gasteiger partial charge in [0.25, 0.3) is 0 Å². The van der Waals surface area contributed by atoms with Gasteiger partial charge < -0.3 is 25.4 Å². The van der Waals surface area contributed by atoms with E-state index in [-0.39, 0.29) is 6.61 Å². The Hall–Kier alpha value is -2.12. The van der Waals surface area contributed by atoms with Gasteiger partial charge in [-0.15, -0.1) is 0 Å². The average Bonchev–Trinajstić information content (AvgIpc) is 2.42. The molecule has 7 nitrogen and oxygen atoms in total. The minimum Gasteiger partial charge on any atom is -0.479 e. The van der Waals surface area contributed by atoms with Gasteiger partial charge in [0.2, 0.25) is 0 Å². The Bertz CT molecular complexity index is 421. The van der Waals surface area contributed by atoms with E-state index in [1.807, 2.05) is 6.07 Å². The zero-order valence-electron chi connectivity index (χ0n) is 10.0. The Labute approximate surface area is 109 Å². The molecule has 0 spiro atoms. The van der Waals surface area contributed by atoms with Crippen molar-refractivity contribution in [3.63, 3.8) is 0 Å². The van der Waals surface area contributed by atoms with Gasteiger partial charge in [-0.05, 0) is 5.56 Å². The van der Waals surface area contributed by atoms with Gasteiger partial charge in [-0.1, -0.05) is 30.3 Å². The van der Waals surface area contributed by atoms with Gasteiger partial charge in [0.1, 0.15) is 12.7 Å². The number of benzene rings is 1. The SMILES string of the molecule is O=C(NC[C@H](O)[C@H](O)C(=O)O)OCc1ccccc1. The van der Waals surface area contributed by atoms with Gasteiger partial charge in [-0.2, -0.15) is 0 Å². The van der Waals surface area contributed by atoms with Crippen molar-refractivity contribution >= 4 is 12.1 Å². The molecule has 7 heteroatoms. The second-order valence-electron chi connectivity index (χ2n) is 3.79. The summed E-state index contributed by atoms with van der Waals surface area (Å²) in [6, 6.07) is 8.97. The number of amides is 1. The number of ether oxygens (including phenoxy) is 1. The third-order valence-electron chi connectivity index (χ3n) is 2.29. The number of nitrogens with one attached hydrogen (secondary N) is 1. The number of rotatable bonds is 6.